The van der Waals surface area contributed by atoms with Crippen LogP contribution in [0.5, 0.6) is 5.95 Å². The molecule has 0 spiro atoms. The van der Waals surface area contributed by atoms with E-state index in [1.54, 1.807) is 36.8 Å². The van der Waals surface area contributed by atoms with Crippen molar-refractivity contribution in [3.05, 3.63) is 159 Å². The van der Waals surface area contributed by atoms with Gasteiger partial charge < -0.3 is 122 Å². The Morgan fingerprint density at radius 2 is 0.874 bits per heavy atom. The molecular weight excluding hydrogens is 2010 g/mol. The van der Waals surface area contributed by atoms with Crippen LogP contribution in [-0.2, 0) is 6.54 Å². The number of hydrogen-bond acceptors (Lipinski definition) is 38. The van der Waals surface area contributed by atoms with Crippen molar-refractivity contribution in [2.24, 2.45) is 5.73 Å². The fourth-order valence-electron chi connectivity index (χ4n) is 15.2. The number of carbonyl (C=O) groups is 2. The van der Waals surface area contributed by atoms with Crippen molar-refractivity contribution in [1.82, 2.24) is 69.6 Å². The average molecular weight is 2150 g/mol. The topological polar surface area (TPSA) is 548 Å². The standard InChI is InChI=1S/C24H38N6O2.C19H26FN5O.C19H26N4O3.C14H23BrN4O.C6H13NO.C5H4BO4.C5H3FN.C4HBrCl2N2.BH3O3.Li/c1-3-4-11-25-24-26-16-21(23(28-24)27-18-5-7-19(31)8-6-18)22-10-9-20(32-22)17-30-14-12-29(2)13-15-30;1-2-3-10-21-19-23-12-16(17-9-4-13(20)11-22-17)18(25-19)24-14-5-7-15(26)8-6-14;1-2-3-10-20-19-21-11-16(17-9-8-15(12-24)26-17)18(23-19)22-13-4-6-14(25)7-5-13;1-2-3-8-16-14-17-9-12(15)13(19-14)18-10-4-6-11(20)7-5-10;7-5-1-3-6(8)4-2-5;7-3-4-1-2-5(9-4)10-6-8;6-5-2-1-3-7-4-5;5-2-1-8-4(7)9-3(2)6;2-1(3)4;/h9-10,16,18-19,31H,3-8,11-15,17H2,1-2H3,(H2,25,26,27,28);4,9,11-12,14-15,26H,2-3,5-8,10H2,1H3,(H2,21,23,24,25);8-9,11-14,25H,2-7,10H2,1H3,(H2,20,21,22,23);9-11,20H,2-8H2,1H3,(H2,16,17,18,19);5-6,8H,1-4,7H2;1-3,8H;1-2,4H;1H;2-4H;/q;;;;;;-1;;;+1. The molecule has 16 rings (SSSR count). The van der Waals surface area contributed by atoms with Crippen molar-refractivity contribution in [3.63, 3.8) is 0 Å². The van der Waals surface area contributed by atoms with Gasteiger partial charge in [0.25, 0.3) is 5.95 Å². The molecule has 38 nitrogen and oxygen atoms in total. The third-order valence-electron chi connectivity index (χ3n) is 23.3. The van der Waals surface area contributed by atoms with Gasteiger partial charge in [0.2, 0.25) is 29.1 Å². The number of aliphatic hydroxyl groups excluding tert-OH is 5. The smallest absolute Gasteiger partial charge is 0.510 e. The van der Waals surface area contributed by atoms with Crippen molar-refractivity contribution in [2.45, 2.75) is 275 Å². The summed E-state index contributed by atoms with van der Waals surface area (Å²) in [5.41, 5.74) is 8.58. The molecule has 5 aliphatic carbocycles. The van der Waals surface area contributed by atoms with Crippen molar-refractivity contribution >= 4 is 130 Å². The van der Waals surface area contributed by atoms with Crippen molar-refractivity contribution < 1.29 is 101 Å². The second-order valence-corrected chi connectivity index (χ2v) is 37.2. The maximum Gasteiger partial charge on any atom is 1.00 e. The van der Waals surface area contributed by atoms with Crippen LogP contribution in [0.4, 0.5) is 55.8 Å². The van der Waals surface area contributed by atoms with Crippen LogP contribution in [0.25, 0.3) is 33.9 Å². The monoisotopic (exact) mass is 2150 g/mol. The number of rotatable bonds is 33. The molecule has 10 aromatic heterocycles. The van der Waals surface area contributed by atoms with Gasteiger partial charge in [0.05, 0.1) is 74.6 Å². The van der Waals surface area contributed by atoms with E-state index in [4.69, 9.17) is 72.4 Å². The van der Waals surface area contributed by atoms with Crippen molar-refractivity contribution in [3.8, 4) is 39.9 Å². The van der Waals surface area contributed by atoms with Gasteiger partial charge in [-0.2, -0.15) is 26.0 Å². The first-order valence-electron chi connectivity index (χ1n) is 48.6. The number of hydrogen-bond donors (Lipinski definition) is 18. The van der Waals surface area contributed by atoms with Gasteiger partial charge in [-0.3, -0.25) is 19.5 Å². The van der Waals surface area contributed by atoms with Crippen LogP contribution in [0.15, 0.2) is 126 Å². The molecule has 6 fully saturated rings. The van der Waals surface area contributed by atoms with Gasteiger partial charge in [-0.1, -0.05) is 77.4 Å². The van der Waals surface area contributed by atoms with E-state index < -0.39 is 7.32 Å². The summed E-state index contributed by atoms with van der Waals surface area (Å²) in [6.07, 6.45) is 40.3. The predicted molar refractivity (Wildman–Crippen MR) is 554 cm³/mol. The normalized spacial score (nSPS) is 19.6. The Morgan fingerprint density at radius 1 is 0.483 bits per heavy atom. The third-order valence-corrected chi connectivity index (χ3v) is 25.2. The zero-order valence-corrected chi connectivity index (χ0v) is 86.8. The number of nitrogens with zero attached hydrogens (tertiary/aromatic N) is 14. The van der Waals surface area contributed by atoms with E-state index in [2.05, 4.69) is 191 Å². The molecule has 0 aromatic carbocycles. The fourth-order valence-corrected chi connectivity index (χ4v) is 16.0. The summed E-state index contributed by atoms with van der Waals surface area (Å²) in [6, 6.07) is 17.6. The number of aliphatic hydroxyl groups is 5. The number of aromatic nitrogens is 12. The van der Waals surface area contributed by atoms with E-state index in [0.29, 0.717) is 94.9 Å². The summed E-state index contributed by atoms with van der Waals surface area (Å²) in [6.45, 7) is 17.1. The SMILES string of the molecule is CCCCNc1ncc(-c2ccc(C=O)o2)c(NC2CCC(O)CC2)n1.CCCCNc1ncc(-c2ccc(CN3CCN(C)CC3)o2)c(NC2CCC(O)CC2)n1.CCCCNc1ncc(-c2ccc(F)cn2)c(NC2CCC(O)CC2)n1.CCCCNc1ncc(Br)c(NC2CCC(O)CC2)n1.Clc1ncc(Br)c(Cl)n1.Fc1cc[c-]nc1.NC1CCC(O)CC1.O=Cc1ccc(O[B]O)o1.OB(O)O.[Li+]. The number of nitrogens with one attached hydrogen (secondary N) is 8. The van der Waals surface area contributed by atoms with Crippen LogP contribution in [0, 0.1) is 17.8 Å². The number of pyridine rings is 2. The summed E-state index contributed by atoms with van der Waals surface area (Å²) in [4.78, 5) is 76.7. The summed E-state index contributed by atoms with van der Waals surface area (Å²) in [7, 11) is 0.484. The Labute approximate surface area is 874 Å². The van der Waals surface area contributed by atoms with E-state index in [9.17, 15) is 38.8 Å². The molecule has 0 amide bonds. The molecule has 11 heterocycles. The minimum absolute atomic E-state index is 0. The molecular formula is C96H137B2Br2Cl2F2LiN23O15. The first kappa shape index (κ1) is 121. The summed E-state index contributed by atoms with van der Waals surface area (Å²) < 4.78 is 47.4. The minimum atomic E-state index is -2.17. The first-order chi connectivity index (χ1) is 68.6. The average Bonchev–Trinajstić information content (AvgIpc) is 1.64. The van der Waals surface area contributed by atoms with Gasteiger partial charge in [-0.25, -0.2) is 38.7 Å². The van der Waals surface area contributed by atoms with Gasteiger partial charge in [-0.05, 0) is 247 Å². The number of likely N-dealkylation sites (N-methyl/N-ethyl adjacent to an activating group) is 1. The maximum atomic E-state index is 13.2. The molecule has 47 heteroatoms. The van der Waals surface area contributed by atoms with E-state index >= 15 is 0 Å². The van der Waals surface area contributed by atoms with Crippen LogP contribution < -0.4 is 71.8 Å². The number of halogens is 6. The molecule has 775 valence electrons. The van der Waals surface area contributed by atoms with E-state index in [-0.39, 0.29) is 95.8 Å². The maximum absolute atomic E-state index is 13.2. The van der Waals surface area contributed by atoms with Gasteiger partial charge in [0, 0.05) is 125 Å². The number of anilines is 8. The first-order valence-corrected chi connectivity index (χ1v) is 51.0. The Balaban J connectivity index is 0.000000231. The van der Waals surface area contributed by atoms with Crippen LogP contribution in [-0.4, -0.2) is 263 Å². The Hall–Kier alpha value is -9.27. The van der Waals surface area contributed by atoms with Crippen molar-refractivity contribution in [1.29, 1.82) is 0 Å². The van der Waals surface area contributed by atoms with E-state index in [0.717, 1.165) is 289 Å². The zero-order valence-electron chi connectivity index (χ0n) is 82.1. The minimum Gasteiger partial charge on any atom is -0.510 e. The number of carbonyl (C=O) groups excluding carboxylic acids is 2. The predicted octanol–water partition coefficient (Wildman–Crippen LogP) is 12.4. The van der Waals surface area contributed by atoms with Crippen LogP contribution in [0.3, 0.4) is 0 Å². The molecule has 6 aliphatic rings. The molecule has 10 aromatic rings. The van der Waals surface area contributed by atoms with Gasteiger partial charge in [0.1, 0.15) is 51.5 Å². The molecule has 1 aliphatic heterocycles. The molecule has 0 unspecified atom stereocenters. The molecule has 143 heavy (non-hydrogen) atoms. The number of piperazine rings is 1. The van der Waals surface area contributed by atoms with Gasteiger partial charge in [0.15, 0.2) is 24.1 Å². The molecule has 19 N–H and O–H groups in total. The van der Waals surface area contributed by atoms with Gasteiger partial charge in [-0.15, -0.1) is 6.07 Å². The molecule has 0 atom stereocenters. The Kier molecular flexibility index (Phi) is 57.6. The number of furan rings is 3. The Morgan fingerprint density at radius 3 is 1.25 bits per heavy atom. The summed E-state index contributed by atoms with van der Waals surface area (Å²) >= 11 is 17.5. The van der Waals surface area contributed by atoms with Gasteiger partial charge >= 0.3 is 33.9 Å². The van der Waals surface area contributed by atoms with E-state index in [1.165, 1.54) is 42.7 Å². The van der Waals surface area contributed by atoms with Crippen LogP contribution >= 0.6 is 55.1 Å². The zero-order chi connectivity index (χ0) is 102. The molecule has 0 bridgehead atoms. The largest absolute Gasteiger partial charge is 1.00 e. The van der Waals surface area contributed by atoms with Crippen LogP contribution in [0.1, 0.15) is 234 Å². The third kappa shape index (κ3) is 47.0. The fraction of sp³-hybridized carbons (Fsp3) is 0.542. The number of aldehydes is 2. The number of nitrogens with two attached hydrogens (primary N) is 1. The molecule has 1 radical (unpaired) electrons. The molecule has 5 saturated carbocycles. The summed E-state index contributed by atoms with van der Waals surface area (Å²) in [5, 5.41) is 105. The summed E-state index contributed by atoms with van der Waals surface area (Å²) in [5.74, 6) is 7.64. The quantitative estimate of drug-likeness (QED) is 0.00453. The number of unbranched alkanes of at least 4 members (excludes halogenated alkanes) is 4. The van der Waals surface area contributed by atoms with Crippen molar-refractivity contribution in [2.75, 3.05) is 102 Å². The second kappa shape index (κ2) is 68.2. The van der Waals surface area contributed by atoms with E-state index in [1.807, 2.05) is 12.3 Å². The Bertz CT molecular complexity index is 5160. The molecule has 1 saturated heterocycles. The van der Waals surface area contributed by atoms with Crippen LogP contribution in [0.2, 0.25) is 10.4 Å². The second-order valence-electron chi connectivity index (χ2n) is 34.8.